The summed E-state index contributed by atoms with van der Waals surface area (Å²) in [5.74, 6) is 0.242. The Morgan fingerprint density at radius 2 is 1.95 bits per heavy atom. The van der Waals surface area contributed by atoms with Crippen molar-refractivity contribution in [3.8, 4) is 5.75 Å². The van der Waals surface area contributed by atoms with E-state index < -0.39 is 0 Å². The molecule has 1 heterocycles. The van der Waals surface area contributed by atoms with Gasteiger partial charge in [-0.05, 0) is 23.8 Å². The molecule has 3 nitrogen and oxygen atoms in total. The van der Waals surface area contributed by atoms with Gasteiger partial charge in [-0.2, -0.15) is 5.10 Å². The molecule has 0 radical (unpaired) electrons. The third-order valence-corrected chi connectivity index (χ3v) is 3.46. The van der Waals surface area contributed by atoms with Crippen molar-refractivity contribution in [2.45, 2.75) is 12.5 Å². The fourth-order valence-corrected chi connectivity index (χ4v) is 2.42. The lowest BCUT2D eigenvalue weighted by Gasteiger charge is -2.12. The zero-order chi connectivity index (χ0) is 13.2. The Balaban J connectivity index is 1.83. The van der Waals surface area contributed by atoms with Crippen LogP contribution in [0.4, 0.5) is 0 Å². The molecule has 0 aromatic heterocycles. The van der Waals surface area contributed by atoms with Gasteiger partial charge in [-0.3, -0.25) is 0 Å². The predicted molar refractivity (Wildman–Crippen MR) is 76.6 cm³/mol. The van der Waals surface area contributed by atoms with Crippen LogP contribution in [0.1, 0.15) is 23.6 Å². The van der Waals surface area contributed by atoms with Gasteiger partial charge in [0, 0.05) is 17.0 Å². The van der Waals surface area contributed by atoms with Crippen LogP contribution in [-0.4, -0.2) is 10.8 Å². The number of aromatic hydroxyl groups is 1. The molecule has 0 aliphatic carbocycles. The Morgan fingerprint density at radius 3 is 2.74 bits per heavy atom. The van der Waals surface area contributed by atoms with Crippen LogP contribution in [-0.2, 0) is 0 Å². The monoisotopic (exact) mass is 272 g/mol. The van der Waals surface area contributed by atoms with Gasteiger partial charge < -0.3 is 10.5 Å². The quantitative estimate of drug-likeness (QED) is 0.879. The topological polar surface area (TPSA) is 44.6 Å². The number of halogens is 1. The van der Waals surface area contributed by atoms with Gasteiger partial charge >= 0.3 is 0 Å². The van der Waals surface area contributed by atoms with Crippen molar-refractivity contribution in [3.63, 3.8) is 0 Å². The Kier molecular flexibility index (Phi) is 3.13. The van der Waals surface area contributed by atoms with Gasteiger partial charge in [-0.1, -0.05) is 41.9 Å². The lowest BCUT2D eigenvalue weighted by atomic mass is 9.98. The molecule has 0 bridgehead atoms. The van der Waals surface area contributed by atoms with Gasteiger partial charge in [0.2, 0.25) is 0 Å². The lowest BCUT2D eigenvalue weighted by Crippen LogP contribution is -2.10. The first-order chi connectivity index (χ1) is 9.24. The second-order valence-corrected chi connectivity index (χ2v) is 4.95. The molecule has 0 saturated heterocycles. The Bertz CT molecular complexity index is 625. The van der Waals surface area contributed by atoms with E-state index >= 15 is 0 Å². The highest BCUT2D eigenvalue weighted by molar-refractivity contribution is 6.30. The van der Waals surface area contributed by atoms with Gasteiger partial charge in [0.1, 0.15) is 5.75 Å². The van der Waals surface area contributed by atoms with Crippen LogP contribution < -0.4 is 5.43 Å². The van der Waals surface area contributed by atoms with Crippen molar-refractivity contribution in [1.29, 1.82) is 0 Å². The molecule has 3 rings (SSSR count). The number of rotatable bonds is 2. The highest BCUT2D eigenvalue weighted by Gasteiger charge is 2.23. The molecule has 0 unspecified atom stereocenters. The summed E-state index contributed by atoms with van der Waals surface area (Å²) in [5, 5.41) is 14.9. The van der Waals surface area contributed by atoms with Crippen molar-refractivity contribution >= 4 is 17.3 Å². The summed E-state index contributed by atoms with van der Waals surface area (Å²) in [6.45, 7) is 0. The first-order valence-corrected chi connectivity index (χ1v) is 6.48. The molecular weight excluding hydrogens is 260 g/mol. The molecule has 1 aliphatic rings. The van der Waals surface area contributed by atoms with E-state index in [0.29, 0.717) is 5.02 Å². The summed E-state index contributed by atoms with van der Waals surface area (Å²) in [4.78, 5) is 0. The van der Waals surface area contributed by atoms with Crippen LogP contribution in [0.3, 0.4) is 0 Å². The molecule has 1 aliphatic heterocycles. The molecule has 19 heavy (non-hydrogen) atoms. The van der Waals surface area contributed by atoms with E-state index in [9.17, 15) is 5.11 Å². The summed E-state index contributed by atoms with van der Waals surface area (Å²) >= 11 is 5.97. The highest BCUT2D eigenvalue weighted by Crippen LogP contribution is 2.32. The average Bonchev–Trinajstić information content (AvgIpc) is 2.92. The van der Waals surface area contributed by atoms with E-state index in [4.69, 9.17) is 11.6 Å². The minimum Gasteiger partial charge on any atom is -0.508 e. The largest absolute Gasteiger partial charge is 0.508 e. The number of benzene rings is 2. The van der Waals surface area contributed by atoms with E-state index in [0.717, 1.165) is 23.3 Å². The smallest absolute Gasteiger partial charge is 0.121 e. The number of hydrogen-bond acceptors (Lipinski definition) is 3. The first-order valence-electron chi connectivity index (χ1n) is 6.10. The summed E-state index contributed by atoms with van der Waals surface area (Å²) in [5.41, 5.74) is 5.93. The molecule has 0 spiro atoms. The third kappa shape index (κ3) is 2.42. The van der Waals surface area contributed by atoms with Crippen molar-refractivity contribution in [1.82, 2.24) is 5.43 Å². The molecule has 0 fully saturated rings. The minimum atomic E-state index is -0.0334. The number of nitrogens with one attached hydrogen (secondary N) is 1. The maximum atomic E-state index is 9.90. The number of phenols is 1. The Labute approximate surface area is 116 Å². The number of hydrogen-bond donors (Lipinski definition) is 2. The maximum Gasteiger partial charge on any atom is 0.121 e. The zero-order valence-electron chi connectivity index (χ0n) is 10.2. The molecule has 0 saturated carbocycles. The van der Waals surface area contributed by atoms with Gasteiger partial charge in [-0.15, -0.1) is 0 Å². The van der Waals surface area contributed by atoms with E-state index in [1.165, 1.54) is 0 Å². The molecule has 2 aromatic carbocycles. The van der Waals surface area contributed by atoms with Crippen LogP contribution >= 0.6 is 11.6 Å². The normalized spacial score (nSPS) is 17.9. The molecule has 4 heteroatoms. The van der Waals surface area contributed by atoms with E-state index in [1.54, 1.807) is 18.2 Å². The second kappa shape index (κ2) is 4.94. The number of hydrazone groups is 1. The Morgan fingerprint density at radius 1 is 1.16 bits per heavy atom. The van der Waals surface area contributed by atoms with Crippen molar-refractivity contribution in [3.05, 3.63) is 64.7 Å². The van der Waals surface area contributed by atoms with Crippen LogP contribution in [0.2, 0.25) is 5.02 Å². The average molecular weight is 273 g/mol. The lowest BCUT2D eigenvalue weighted by molar-refractivity contribution is 0.455. The zero-order valence-corrected chi connectivity index (χ0v) is 10.9. The first kappa shape index (κ1) is 12.1. The summed E-state index contributed by atoms with van der Waals surface area (Å²) in [7, 11) is 0. The van der Waals surface area contributed by atoms with Crippen molar-refractivity contribution < 1.29 is 5.11 Å². The predicted octanol–water partition coefficient (Wildman–Crippen LogP) is 3.48. The van der Waals surface area contributed by atoms with Crippen LogP contribution in [0, 0.1) is 0 Å². The van der Waals surface area contributed by atoms with Crippen LogP contribution in [0.5, 0.6) is 5.75 Å². The fraction of sp³-hybridized carbons (Fsp3) is 0.133. The van der Waals surface area contributed by atoms with E-state index in [-0.39, 0.29) is 11.8 Å². The molecular formula is C15H13ClN2O. The van der Waals surface area contributed by atoms with Crippen molar-refractivity contribution in [2.24, 2.45) is 5.10 Å². The third-order valence-electron chi connectivity index (χ3n) is 3.22. The molecule has 2 N–H and O–H groups in total. The molecule has 0 amide bonds. The summed E-state index contributed by atoms with van der Waals surface area (Å²) < 4.78 is 0. The maximum absolute atomic E-state index is 9.90. The van der Waals surface area contributed by atoms with Gasteiger partial charge in [0.25, 0.3) is 0 Å². The summed E-state index contributed by atoms with van der Waals surface area (Å²) in [6.07, 6.45) is 0.734. The molecule has 2 aromatic rings. The SMILES string of the molecule is Oc1ccc(Cl)cc1[C@H]1CC(c2ccccc2)=NN1. The van der Waals surface area contributed by atoms with Crippen LogP contribution in [0.25, 0.3) is 0 Å². The Hall–Kier alpha value is -2.00. The van der Waals surface area contributed by atoms with E-state index in [2.05, 4.69) is 10.5 Å². The molecule has 1 atom stereocenters. The van der Waals surface area contributed by atoms with E-state index in [1.807, 2.05) is 30.3 Å². The van der Waals surface area contributed by atoms with Gasteiger partial charge in [0.15, 0.2) is 0 Å². The summed E-state index contributed by atoms with van der Waals surface area (Å²) in [6, 6.07) is 15.0. The second-order valence-electron chi connectivity index (χ2n) is 4.51. The number of nitrogens with zero attached hydrogens (tertiary/aromatic N) is 1. The minimum absolute atomic E-state index is 0.0334. The van der Waals surface area contributed by atoms with Crippen molar-refractivity contribution in [2.75, 3.05) is 0 Å². The van der Waals surface area contributed by atoms with Crippen LogP contribution in [0.15, 0.2) is 53.6 Å². The standard InChI is InChI=1S/C15H13ClN2O/c16-11-6-7-15(19)12(8-11)14-9-13(17-18-14)10-4-2-1-3-5-10/h1-8,14,18-19H,9H2/t14-/m1/s1. The van der Waals surface area contributed by atoms with Gasteiger partial charge in [0.05, 0.1) is 11.8 Å². The fourth-order valence-electron chi connectivity index (χ4n) is 2.24. The van der Waals surface area contributed by atoms with Gasteiger partial charge in [-0.25, -0.2) is 0 Å². The molecule has 96 valence electrons. The number of phenolic OH excluding ortho intramolecular Hbond substituents is 1. The highest BCUT2D eigenvalue weighted by atomic mass is 35.5.